The van der Waals surface area contributed by atoms with Crippen molar-refractivity contribution in [2.45, 2.75) is 39.2 Å². The molecule has 32 heavy (non-hydrogen) atoms. The summed E-state index contributed by atoms with van der Waals surface area (Å²) < 4.78 is 5.21. The number of ether oxygens (including phenoxy) is 1. The van der Waals surface area contributed by atoms with E-state index in [0.717, 1.165) is 25.2 Å². The van der Waals surface area contributed by atoms with Gasteiger partial charge in [0, 0.05) is 24.3 Å². The number of carbonyl (C=O) groups is 3. The molecule has 1 saturated heterocycles. The normalized spacial score (nSPS) is 16.2. The number of hydrogen-bond donors (Lipinski definition) is 3. The van der Waals surface area contributed by atoms with E-state index in [0.29, 0.717) is 23.5 Å². The van der Waals surface area contributed by atoms with E-state index in [4.69, 9.17) is 10.5 Å². The van der Waals surface area contributed by atoms with Crippen LogP contribution in [0.5, 0.6) is 0 Å². The summed E-state index contributed by atoms with van der Waals surface area (Å²) in [5.41, 5.74) is 6.36. The van der Waals surface area contributed by atoms with Gasteiger partial charge in [-0.3, -0.25) is 14.9 Å². The number of piperidine rings is 1. The van der Waals surface area contributed by atoms with Crippen molar-refractivity contribution >= 4 is 35.1 Å². The summed E-state index contributed by atoms with van der Waals surface area (Å²) in [6.45, 7) is 6.72. The average Bonchev–Trinajstić information content (AvgIpc) is 2.73. The lowest BCUT2D eigenvalue weighted by atomic mass is 9.97. The zero-order valence-corrected chi connectivity index (χ0v) is 18.6. The summed E-state index contributed by atoms with van der Waals surface area (Å²) in [5, 5.41) is 5.43. The van der Waals surface area contributed by atoms with Gasteiger partial charge in [0.05, 0.1) is 17.8 Å². The molecule has 0 aliphatic carbocycles. The minimum absolute atomic E-state index is 0.169. The number of primary amides is 1. The largest absolute Gasteiger partial charge is 0.444 e. The molecule has 0 spiro atoms. The smallest absolute Gasteiger partial charge is 0.412 e. The number of pyridine rings is 1. The third-order valence-corrected chi connectivity index (χ3v) is 4.95. The predicted octanol–water partition coefficient (Wildman–Crippen LogP) is 3.38. The van der Waals surface area contributed by atoms with Crippen molar-refractivity contribution < 1.29 is 19.1 Å². The summed E-state index contributed by atoms with van der Waals surface area (Å²) in [4.78, 5) is 42.3. The Labute approximate surface area is 187 Å². The molecular weight excluding hydrogens is 410 g/mol. The molecule has 1 fully saturated rings. The van der Waals surface area contributed by atoms with E-state index in [-0.39, 0.29) is 17.7 Å². The first kappa shape index (κ1) is 23.1. The van der Waals surface area contributed by atoms with Crippen molar-refractivity contribution in [2.75, 3.05) is 28.6 Å². The van der Waals surface area contributed by atoms with Crippen LogP contribution in [-0.4, -0.2) is 41.6 Å². The average molecular weight is 440 g/mol. The summed E-state index contributed by atoms with van der Waals surface area (Å²) in [5.74, 6) is -0.00902. The van der Waals surface area contributed by atoms with Crippen LogP contribution in [0.4, 0.5) is 22.0 Å². The summed E-state index contributed by atoms with van der Waals surface area (Å²) in [6, 6.07) is 10.1. The standard InChI is InChI=1S/C23H29N5O4/c1-23(2,3)32-22(31)27-17-8-6-15(7-9-17)21(30)26-18-10-11-19(25-13-18)28-12-4-5-16(14-28)20(24)29/h6-11,13,16H,4-5,12,14H2,1-3H3,(H2,24,29)(H,26,30)(H,27,31). The van der Waals surface area contributed by atoms with Gasteiger partial charge in [-0.1, -0.05) is 0 Å². The molecule has 1 aromatic carbocycles. The minimum atomic E-state index is -0.592. The molecule has 0 bridgehead atoms. The molecule has 3 amide bonds. The summed E-state index contributed by atoms with van der Waals surface area (Å²) >= 11 is 0. The Hall–Kier alpha value is -3.62. The Morgan fingerprint density at radius 2 is 1.75 bits per heavy atom. The number of aromatic nitrogens is 1. The van der Waals surface area contributed by atoms with Crippen LogP contribution in [0.2, 0.25) is 0 Å². The second kappa shape index (κ2) is 9.67. The molecule has 4 N–H and O–H groups in total. The maximum Gasteiger partial charge on any atom is 0.412 e. The van der Waals surface area contributed by atoms with E-state index in [1.165, 1.54) is 0 Å². The molecule has 2 aromatic rings. The van der Waals surface area contributed by atoms with Crippen molar-refractivity contribution in [3.8, 4) is 0 Å². The number of hydrogen-bond acceptors (Lipinski definition) is 6. The van der Waals surface area contributed by atoms with Crippen molar-refractivity contribution in [1.29, 1.82) is 0 Å². The summed E-state index contributed by atoms with van der Waals surface area (Å²) in [6.07, 6.45) is 2.70. The minimum Gasteiger partial charge on any atom is -0.444 e. The van der Waals surface area contributed by atoms with E-state index in [2.05, 4.69) is 15.6 Å². The molecule has 1 aliphatic heterocycles. The van der Waals surface area contributed by atoms with Gasteiger partial charge in [0.1, 0.15) is 11.4 Å². The molecular formula is C23H29N5O4. The van der Waals surface area contributed by atoms with Gasteiger partial charge in [0.2, 0.25) is 5.91 Å². The molecule has 1 atom stereocenters. The fourth-order valence-electron chi connectivity index (χ4n) is 3.39. The highest BCUT2D eigenvalue weighted by Crippen LogP contribution is 2.22. The van der Waals surface area contributed by atoms with Gasteiger partial charge < -0.3 is 20.7 Å². The number of rotatable bonds is 5. The SMILES string of the molecule is CC(C)(C)OC(=O)Nc1ccc(C(=O)Nc2ccc(N3CCCC(C(N)=O)C3)nc2)cc1. The predicted molar refractivity (Wildman–Crippen MR) is 123 cm³/mol. The number of benzene rings is 1. The Morgan fingerprint density at radius 3 is 2.34 bits per heavy atom. The Morgan fingerprint density at radius 1 is 1.06 bits per heavy atom. The van der Waals surface area contributed by atoms with Gasteiger partial charge in [-0.25, -0.2) is 9.78 Å². The van der Waals surface area contributed by atoms with Gasteiger partial charge >= 0.3 is 6.09 Å². The fourth-order valence-corrected chi connectivity index (χ4v) is 3.39. The quantitative estimate of drug-likeness (QED) is 0.655. The topological polar surface area (TPSA) is 127 Å². The maximum atomic E-state index is 12.5. The molecule has 3 rings (SSSR count). The second-order valence-electron chi connectivity index (χ2n) is 8.75. The van der Waals surface area contributed by atoms with Crippen LogP contribution in [0.3, 0.4) is 0 Å². The van der Waals surface area contributed by atoms with Gasteiger partial charge in [-0.15, -0.1) is 0 Å². The van der Waals surface area contributed by atoms with Crippen molar-refractivity contribution in [2.24, 2.45) is 11.7 Å². The van der Waals surface area contributed by atoms with Gasteiger partial charge in [-0.2, -0.15) is 0 Å². The highest BCUT2D eigenvalue weighted by molar-refractivity contribution is 6.04. The number of nitrogens with one attached hydrogen (secondary N) is 2. The lowest BCUT2D eigenvalue weighted by Crippen LogP contribution is -2.41. The highest BCUT2D eigenvalue weighted by Gasteiger charge is 2.24. The number of amides is 3. The van der Waals surface area contributed by atoms with E-state index in [9.17, 15) is 14.4 Å². The van der Waals surface area contributed by atoms with Crippen molar-refractivity contribution in [3.05, 3.63) is 48.2 Å². The molecule has 1 unspecified atom stereocenters. The fraction of sp³-hybridized carbons (Fsp3) is 0.391. The van der Waals surface area contributed by atoms with E-state index < -0.39 is 11.7 Å². The molecule has 170 valence electrons. The van der Waals surface area contributed by atoms with Crippen molar-refractivity contribution in [3.63, 3.8) is 0 Å². The van der Waals surface area contributed by atoms with E-state index in [1.807, 2.05) is 11.0 Å². The number of nitrogens with two attached hydrogens (primary N) is 1. The number of nitrogens with zero attached hydrogens (tertiary/aromatic N) is 2. The number of anilines is 3. The monoisotopic (exact) mass is 439 g/mol. The van der Waals surface area contributed by atoms with Gasteiger partial charge in [0.15, 0.2) is 0 Å². The summed E-state index contributed by atoms with van der Waals surface area (Å²) in [7, 11) is 0. The van der Waals surface area contributed by atoms with Crippen LogP contribution in [0.1, 0.15) is 44.0 Å². The van der Waals surface area contributed by atoms with Crippen molar-refractivity contribution in [1.82, 2.24) is 4.98 Å². The third kappa shape index (κ3) is 6.44. The highest BCUT2D eigenvalue weighted by atomic mass is 16.6. The first-order chi connectivity index (χ1) is 15.1. The van der Waals surface area contributed by atoms with Crippen LogP contribution in [0, 0.1) is 5.92 Å². The Bertz CT molecular complexity index is 967. The zero-order valence-electron chi connectivity index (χ0n) is 18.6. The Balaban J connectivity index is 1.56. The molecule has 0 saturated carbocycles. The van der Waals surface area contributed by atoms with E-state index >= 15 is 0 Å². The molecule has 9 heteroatoms. The molecule has 1 aromatic heterocycles. The Kier molecular flexibility index (Phi) is 6.97. The lowest BCUT2D eigenvalue weighted by molar-refractivity contribution is -0.122. The molecule has 2 heterocycles. The van der Waals surface area contributed by atoms with Crippen LogP contribution in [0.25, 0.3) is 0 Å². The second-order valence-corrected chi connectivity index (χ2v) is 8.75. The van der Waals surface area contributed by atoms with E-state index in [1.54, 1.807) is 57.3 Å². The van der Waals surface area contributed by atoms with Crippen LogP contribution in [-0.2, 0) is 9.53 Å². The van der Waals surface area contributed by atoms with Crippen LogP contribution < -0.4 is 21.3 Å². The molecule has 0 radical (unpaired) electrons. The van der Waals surface area contributed by atoms with Crippen LogP contribution in [0.15, 0.2) is 42.6 Å². The first-order valence-corrected chi connectivity index (χ1v) is 10.5. The molecule has 1 aliphatic rings. The van der Waals surface area contributed by atoms with Gasteiger partial charge in [-0.05, 0) is 70.0 Å². The van der Waals surface area contributed by atoms with Gasteiger partial charge in [0.25, 0.3) is 5.91 Å². The third-order valence-electron chi connectivity index (χ3n) is 4.95. The number of carbonyl (C=O) groups excluding carboxylic acids is 3. The lowest BCUT2D eigenvalue weighted by Gasteiger charge is -2.32. The zero-order chi connectivity index (χ0) is 23.3. The maximum absolute atomic E-state index is 12.5. The van der Waals surface area contributed by atoms with Crippen LogP contribution >= 0.6 is 0 Å². The first-order valence-electron chi connectivity index (χ1n) is 10.5. The molecule has 9 nitrogen and oxygen atoms in total.